The standard InChI is InChI=1S/C12H14BrNO2/c1-16-12(15)7-10-4-2-8-6-9(13)3-5-11(8)14-10/h3,5-6,10,14H,2,4,7H2,1H3. The van der Waals surface area contributed by atoms with Crippen molar-refractivity contribution in [3.63, 3.8) is 0 Å². The molecule has 0 aliphatic carbocycles. The number of nitrogens with one attached hydrogen (secondary N) is 1. The molecule has 3 nitrogen and oxygen atoms in total. The molecular formula is C12H14BrNO2. The van der Waals surface area contributed by atoms with Gasteiger partial charge in [0.25, 0.3) is 0 Å². The molecule has 86 valence electrons. The van der Waals surface area contributed by atoms with E-state index in [9.17, 15) is 4.79 Å². The van der Waals surface area contributed by atoms with Crippen LogP contribution in [-0.2, 0) is 16.0 Å². The molecule has 1 aromatic rings. The summed E-state index contributed by atoms with van der Waals surface area (Å²) in [5.41, 5.74) is 2.43. The molecule has 0 saturated carbocycles. The summed E-state index contributed by atoms with van der Waals surface area (Å²) in [6.07, 6.45) is 2.41. The third-order valence-electron chi connectivity index (χ3n) is 2.83. The van der Waals surface area contributed by atoms with Crippen molar-refractivity contribution in [2.45, 2.75) is 25.3 Å². The molecular weight excluding hydrogens is 270 g/mol. The predicted octanol–water partition coefficient (Wildman–Crippen LogP) is 2.74. The van der Waals surface area contributed by atoms with Crippen LogP contribution in [0.1, 0.15) is 18.4 Å². The first-order valence-electron chi connectivity index (χ1n) is 5.31. The zero-order valence-corrected chi connectivity index (χ0v) is 10.7. The lowest BCUT2D eigenvalue weighted by molar-refractivity contribution is -0.140. The lowest BCUT2D eigenvalue weighted by Gasteiger charge is -2.26. The van der Waals surface area contributed by atoms with E-state index in [0.717, 1.165) is 23.0 Å². The highest BCUT2D eigenvalue weighted by Crippen LogP contribution is 2.28. The number of halogens is 1. The molecule has 0 fully saturated rings. The van der Waals surface area contributed by atoms with E-state index in [-0.39, 0.29) is 12.0 Å². The van der Waals surface area contributed by atoms with E-state index in [1.807, 2.05) is 12.1 Å². The van der Waals surface area contributed by atoms with Crippen molar-refractivity contribution in [1.82, 2.24) is 0 Å². The van der Waals surface area contributed by atoms with Crippen molar-refractivity contribution in [3.05, 3.63) is 28.2 Å². The monoisotopic (exact) mass is 283 g/mol. The van der Waals surface area contributed by atoms with E-state index in [1.54, 1.807) is 0 Å². The lowest BCUT2D eigenvalue weighted by atomic mass is 9.96. The summed E-state index contributed by atoms with van der Waals surface area (Å²) in [5, 5.41) is 3.37. The first kappa shape index (κ1) is 11.5. The number of carbonyl (C=O) groups is 1. The molecule has 16 heavy (non-hydrogen) atoms. The first-order valence-corrected chi connectivity index (χ1v) is 6.10. The van der Waals surface area contributed by atoms with Gasteiger partial charge in [-0.15, -0.1) is 0 Å². The van der Waals surface area contributed by atoms with Gasteiger partial charge in [0.15, 0.2) is 0 Å². The molecule has 1 atom stereocenters. The second kappa shape index (κ2) is 4.87. The number of carbonyl (C=O) groups excluding carboxylic acids is 1. The Bertz CT molecular complexity index is 406. The number of methoxy groups -OCH3 is 1. The van der Waals surface area contributed by atoms with Crippen LogP contribution < -0.4 is 5.32 Å². The number of anilines is 1. The van der Waals surface area contributed by atoms with Crippen molar-refractivity contribution < 1.29 is 9.53 Å². The predicted molar refractivity (Wildman–Crippen MR) is 66.5 cm³/mol. The van der Waals surface area contributed by atoms with Gasteiger partial charge in [-0.25, -0.2) is 0 Å². The average molecular weight is 284 g/mol. The van der Waals surface area contributed by atoms with Crippen LogP contribution in [0.2, 0.25) is 0 Å². The van der Waals surface area contributed by atoms with Crippen LogP contribution in [0.25, 0.3) is 0 Å². The maximum absolute atomic E-state index is 11.2. The molecule has 0 radical (unpaired) electrons. The summed E-state index contributed by atoms with van der Waals surface area (Å²) >= 11 is 3.46. The molecule has 0 amide bonds. The highest BCUT2D eigenvalue weighted by Gasteiger charge is 2.20. The fourth-order valence-electron chi connectivity index (χ4n) is 1.97. The van der Waals surface area contributed by atoms with Gasteiger partial charge < -0.3 is 10.1 Å². The minimum absolute atomic E-state index is 0.155. The van der Waals surface area contributed by atoms with Crippen LogP contribution in [0.5, 0.6) is 0 Å². The number of hydrogen-bond donors (Lipinski definition) is 1. The molecule has 1 aromatic carbocycles. The Balaban J connectivity index is 2.06. The molecule has 1 heterocycles. The summed E-state index contributed by atoms with van der Waals surface area (Å²) in [6.45, 7) is 0. The van der Waals surface area contributed by atoms with Crippen molar-refractivity contribution in [2.75, 3.05) is 12.4 Å². The van der Waals surface area contributed by atoms with Crippen molar-refractivity contribution in [2.24, 2.45) is 0 Å². The summed E-state index contributed by atoms with van der Waals surface area (Å²) in [4.78, 5) is 11.2. The van der Waals surface area contributed by atoms with Crippen molar-refractivity contribution in [1.29, 1.82) is 0 Å². The number of rotatable bonds is 2. The Morgan fingerprint density at radius 1 is 1.62 bits per heavy atom. The topological polar surface area (TPSA) is 38.3 Å². The minimum Gasteiger partial charge on any atom is -0.469 e. The van der Waals surface area contributed by atoms with Gasteiger partial charge in [0, 0.05) is 16.2 Å². The summed E-state index contributed by atoms with van der Waals surface area (Å²) in [5.74, 6) is -0.155. The van der Waals surface area contributed by atoms with Gasteiger partial charge in [0.05, 0.1) is 13.5 Å². The van der Waals surface area contributed by atoms with Crippen LogP contribution in [-0.4, -0.2) is 19.1 Å². The van der Waals surface area contributed by atoms with Crippen LogP contribution in [0.15, 0.2) is 22.7 Å². The number of hydrogen-bond acceptors (Lipinski definition) is 3. The number of esters is 1. The number of fused-ring (bicyclic) bond motifs is 1. The Hall–Kier alpha value is -1.03. The Morgan fingerprint density at radius 2 is 2.44 bits per heavy atom. The number of ether oxygens (including phenoxy) is 1. The number of benzene rings is 1. The SMILES string of the molecule is COC(=O)CC1CCc2cc(Br)ccc2N1. The van der Waals surface area contributed by atoms with Crippen molar-refractivity contribution in [3.8, 4) is 0 Å². The van der Waals surface area contributed by atoms with E-state index in [1.165, 1.54) is 12.7 Å². The highest BCUT2D eigenvalue weighted by molar-refractivity contribution is 9.10. The second-order valence-electron chi connectivity index (χ2n) is 3.96. The second-order valence-corrected chi connectivity index (χ2v) is 4.88. The van der Waals surface area contributed by atoms with Gasteiger partial charge in [-0.3, -0.25) is 4.79 Å². The molecule has 0 bridgehead atoms. The average Bonchev–Trinajstić information content (AvgIpc) is 2.29. The molecule has 1 unspecified atom stereocenters. The van der Waals surface area contributed by atoms with Gasteiger partial charge in [-0.1, -0.05) is 15.9 Å². The van der Waals surface area contributed by atoms with Gasteiger partial charge in [0.1, 0.15) is 0 Å². The molecule has 2 rings (SSSR count). The highest BCUT2D eigenvalue weighted by atomic mass is 79.9. The largest absolute Gasteiger partial charge is 0.469 e. The fourth-order valence-corrected chi connectivity index (χ4v) is 2.38. The van der Waals surface area contributed by atoms with E-state index in [0.29, 0.717) is 6.42 Å². The first-order chi connectivity index (χ1) is 7.69. The Labute approximate surface area is 103 Å². The van der Waals surface area contributed by atoms with E-state index in [2.05, 4.69) is 32.0 Å². The van der Waals surface area contributed by atoms with Crippen LogP contribution in [0, 0.1) is 0 Å². The summed E-state index contributed by atoms with van der Waals surface area (Å²) in [7, 11) is 1.43. The van der Waals surface area contributed by atoms with Crippen molar-refractivity contribution >= 4 is 27.6 Å². The molecule has 1 N–H and O–H groups in total. The molecule has 0 spiro atoms. The maximum atomic E-state index is 11.2. The normalized spacial score (nSPS) is 18.5. The Morgan fingerprint density at radius 3 is 3.19 bits per heavy atom. The van der Waals surface area contributed by atoms with Gasteiger partial charge in [-0.05, 0) is 36.6 Å². The maximum Gasteiger partial charge on any atom is 0.307 e. The van der Waals surface area contributed by atoms with Crippen LogP contribution in [0.4, 0.5) is 5.69 Å². The zero-order valence-electron chi connectivity index (χ0n) is 9.13. The Kier molecular flexibility index (Phi) is 3.49. The molecule has 1 aliphatic rings. The molecule has 0 saturated heterocycles. The fraction of sp³-hybridized carbons (Fsp3) is 0.417. The minimum atomic E-state index is -0.155. The summed E-state index contributed by atoms with van der Waals surface area (Å²) in [6, 6.07) is 6.37. The van der Waals surface area contributed by atoms with Gasteiger partial charge in [-0.2, -0.15) is 0 Å². The van der Waals surface area contributed by atoms with Gasteiger partial charge >= 0.3 is 5.97 Å². The van der Waals surface area contributed by atoms with E-state index >= 15 is 0 Å². The number of aryl methyl sites for hydroxylation is 1. The third-order valence-corrected chi connectivity index (χ3v) is 3.32. The quantitative estimate of drug-likeness (QED) is 0.849. The van der Waals surface area contributed by atoms with Crippen LogP contribution >= 0.6 is 15.9 Å². The van der Waals surface area contributed by atoms with Crippen LogP contribution in [0.3, 0.4) is 0 Å². The zero-order chi connectivity index (χ0) is 11.5. The third kappa shape index (κ3) is 2.55. The molecule has 4 heteroatoms. The van der Waals surface area contributed by atoms with E-state index < -0.39 is 0 Å². The lowest BCUT2D eigenvalue weighted by Crippen LogP contribution is -2.28. The molecule has 1 aliphatic heterocycles. The smallest absolute Gasteiger partial charge is 0.307 e. The van der Waals surface area contributed by atoms with E-state index in [4.69, 9.17) is 0 Å². The van der Waals surface area contributed by atoms with Gasteiger partial charge in [0.2, 0.25) is 0 Å². The molecule has 0 aromatic heterocycles. The summed E-state index contributed by atoms with van der Waals surface area (Å²) < 4.78 is 5.77.